The first-order valence-electron chi connectivity index (χ1n) is 10.00. The topological polar surface area (TPSA) is 43.4 Å². The molecule has 3 saturated carbocycles. The van der Waals surface area contributed by atoms with Crippen molar-refractivity contribution >= 4 is 11.8 Å². The molecular formula is C23H26F2O3. The molecule has 0 unspecified atom stereocenters. The van der Waals surface area contributed by atoms with Crippen LogP contribution in [-0.4, -0.2) is 17.9 Å². The van der Waals surface area contributed by atoms with Crippen LogP contribution < -0.4 is 0 Å². The molecule has 0 heterocycles. The number of rotatable bonds is 1. The first-order valence-corrected chi connectivity index (χ1v) is 10.00. The van der Waals surface area contributed by atoms with Crippen molar-refractivity contribution < 1.29 is 23.1 Å². The Morgan fingerprint density at radius 3 is 2.57 bits per heavy atom. The van der Waals surface area contributed by atoms with E-state index in [0.29, 0.717) is 23.8 Å². The van der Waals surface area contributed by atoms with Gasteiger partial charge in [-0.05, 0) is 66.7 Å². The number of ketones is 1. The van der Waals surface area contributed by atoms with Crippen molar-refractivity contribution in [3.05, 3.63) is 47.6 Å². The number of ether oxygens (including phenoxy) is 1. The Kier molecular flexibility index (Phi) is 4.48. The van der Waals surface area contributed by atoms with Gasteiger partial charge in [-0.25, -0.2) is 8.78 Å². The molecule has 28 heavy (non-hydrogen) atoms. The first-order chi connectivity index (χ1) is 13.3. The number of esters is 1. The molecule has 3 fully saturated rings. The zero-order valence-corrected chi connectivity index (χ0v) is 16.5. The second kappa shape index (κ2) is 6.50. The number of carbonyl (C=O) groups excluding carboxylic acids is 2. The van der Waals surface area contributed by atoms with Crippen LogP contribution in [0.25, 0.3) is 0 Å². The normalized spacial score (nSPS) is 44.8. The summed E-state index contributed by atoms with van der Waals surface area (Å²) in [5.74, 6) is -0.500. The molecule has 0 radical (unpaired) electrons. The zero-order valence-electron chi connectivity index (χ0n) is 16.5. The average molecular weight is 388 g/mol. The number of carbonyl (C=O) groups is 2. The van der Waals surface area contributed by atoms with Gasteiger partial charge in [0, 0.05) is 23.3 Å². The van der Waals surface area contributed by atoms with E-state index >= 15 is 0 Å². The SMILES string of the molecule is CC(=O)O[C@H]1CC[C@H]2[C@@H]3C(=CF)C(=CF)C4=CC(=O)C=C[C@]4(C)[C@H]3CC[C@]12C. The van der Waals surface area contributed by atoms with E-state index in [4.69, 9.17) is 4.74 Å². The van der Waals surface area contributed by atoms with Crippen LogP contribution in [0.4, 0.5) is 8.78 Å². The molecule has 5 heteroatoms. The predicted molar refractivity (Wildman–Crippen MR) is 101 cm³/mol. The van der Waals surface area contributed by atoms with Crippen molar-refractivity contribution in [3.8, 4) is 0 Å². The van der Waals surface area contributed by atoms with Crippen LogP contribution in [0.3, 0.4) is 0 Å². The van der Waals surface area contributed by atoms with Gasteiger partial charge in [0.05, 0.1) is 12.7 Å². The van der Waals surface area contributed by atoms with Gasteiger partial charge in [-0.2, -0.15) is 0 Å². The summed E-state index contributed by atoms with van der Waals surface area (Å²) >= 11 is 0. The lowest BCUT2D eigenvalue weighted by Crippen LogP contribution is -2.52. The van der Waals surface area contributed by atoms with Crippen molar-refractivity contribution in [2.45, 2.75) is 52.6 Å². The smallest absolute Gasteiger partial charge is 0.302 e. The third-order valence-corrected chi connectivity index (χ3v) is 7.91. The number of fused-ring (bicyclic) bond motifs is 5. The van der Waals surface area contributed by atoms with Gasteiger partial charge in [0.2, 0.25) is 0 Å². The Hall–Kier alpha value is -2.04. The minimum absolute atomic E-state index is 0.0722. The minimum atomic E-state index is -0.510. The Morgan fingerprint density at radius 1 is 1.18 bits per heavy atom. The standard InChI is InChI=1S/C23H26F2O3/c1-13(26)28-20-5-4-17-21-16(12-25)15(11-24)19-10-14(27)6-8-22(19,2)18(21)7-9-23(17,20)3/h6,8,10-12,17-18,20-21H,4-5,7,9H2,1-3H3/t17-,18-,20-,21-,22+,23-/m0/s1. The van der Waals surface area contributed by atoms with Crippen molar-refractivity contribution in [3.63, 3.8) is 0 Å². The Morgan fingerprint density at radius 2 is 1.93 bits per heavy atom. The van der Waals surface area contributed by atoms with Gasteiger partial charge < -0.3 is 4.74 Å². The van der Waals surface area contributed by atoms with Gasteiger partial charge in [0.1, 0.15) is 6.10 Å². The van der Waals surface area contributed by atoms with Gasteiger partial charge >= 0.3 is 5.97 Å². The molecule has 4 aliphatic carbocycles. The molecule has 0 spiro atoms. The summed E-state index contributed by atoms with van der Waals surface area (Å²) < 4.78 is 33.8. The van der Waals surface area contributed by atoms with E-state index in [9.17, 15) is 18.4 Å². The number of hydrogen-bond donors (Lipinski definition) is 0. The summed E-state index contributed by atoms with van der Waals surface area (Å²) in [6.45, 7) is 5.57. The molecule has 0 aromatic carbocycles. The van der Waals surface area contributed by atoms with E-state index in [1.165, 1.54) is 13.0 Å². The fourth-order valence-electron chi connectivity index (χ4n) is 6.56. The first kappa shape index (κ1) is 19.3. The predicted octanol–water partition coefficient (Wildman–Crippen LogP) is 5.15. The highest BCUT2D eigenvalue weighted by atomic mass is 19.1. The lowest BCUT2D eigenvalue weighted by atomic mass is 9.46. The molecule has 3 nitrogen and oxygen atoms in total. The molecule has 6 atom stereocenters. The second-order valence-corrected chi connectivity index (χ2v) is 9.12. The summed E-state index contributed by atoms with van der Waals surface area (Å²) in [7, 11) is 0. The lowest BCUT2D eigenvalue weighted by Gasteiger charge is -2.57. The van der Waals surface area contributed by atoms with Crippen LogP contribution in [0.5, 0.6) is 0 Å². The third kappa shape index (κ3) is 2.51. The molecule has 0 aromatic heterocycles. The Balaban J connectivity index is 1.82. The molecule has 0 aliphatic heterocycles. The highest BCUT2D eigenvalue weighted by Gasteiger charge is 2.61. The van der Waals surface area contributed by atoms with Gasteiger partial charge in [-0.1, -0.05) is 19.9 Å². The zero-order chi connectivity index (χ0) is 20.3. The molecular weight excluding hydrogens is 362 g/mol. The maximum Gasteiger partial charge on any atom is 0.302 e. The van der Waals surface area contributed by atoms with Crippen LogP contribution in [0, 0.1) is 28.6 Å². The van der Waals surface area contributed by atoms with E-state index in [1.807, 2.05) is 13.0 Å². The van der Waals surface area contributed by atoms with Gasteiger partial charge in [-0.15, -0.1) is 0 Å². The van der Waals surface area contributed by atoms with Crippen molar-refractivity contribution in [2.24, 2.45) is 28.6 Å². The molecule has 0 N–H and O–H groups in total. The van der Waals surface area contributed by atoms with Crippen LogP contribution in [0.15, 0.2) is 47.6 Å². The quantitative estimate of drug-likeness (QED) is 0.583. The van der Waals surface area contributed by atoms with Crippen LogP contribution in [0.1, 0.15) is 46.5 Å². The summed E-state index contributed by atoms with van der Waals surface area (Å²) in [5, 5.41) is 0. The van der Waals surface area contributed by atoms with E-state index < -0.39 is 5.41 Å². The molecule has 150 valence electrons. The fourth-order valence-corrected chi connectivity index (χ4v) is 6.56. The maximum absolute atomic E-state index is 14.2. The highest BCUT2D eigenvalue weighted by molar-refractivity contribution is 6.02. The number of allylic oxidation sites excluding steroid dienone is 6. The van der Waals surface area contributed by atoms with Gasteiger partial charge in [-0.3, -0.25) is 9.59 Å². The second-order valence-electron chi connectivity index (χ2n) is 9.12. The third-order valence-electron chi connectivity index (χ3n) is 7.91. The average Bonchev–Trinajstić information content (AvgIpc) is 2.97. The fraction of sp³-hybridized carbons (Fsp3) is 0.565. The monoisotopic (exact) mass is 388 g/mol. The molecule has 4 rings (SSSR count). The largest absolute Gasteiger partial charge is 0.462 e. The minimum Gasteiger partial charge on any atom is -0.462 e. The van der Waals surface area contributed by atoms with Crippen LogP contribution in [0.2, 0.25) is 0 Å². The van der Waals surface area contributed by atoms with Crippen LogP contribution in [-0.2, 0) is 14.3 Å². The van der Waals surface area contributed by atoms with E-state index in [1.54, 1.807) is 6.08 Å². The summed E-state index contributed by atoms with van der Waals surface area (Å²) in [4.78, 5) is 23.6. The summed E-state index contributed by atoms with van der Waals surface area (Å²) in [5.41, 5.74) is 0.353. The highest BCUT2D eigenvalue weighted by Crippen LogP contribution is 2.67. The maximum atomic E-state index is 14.2. The van der Waals surface area contributed by atoms with Crippen molar-refractivity contribution in [1.82, 2.24) is 0 Å². The molecule has 4 aliphatic rings. The molecule has 0 amide bonds. The number of halogens is 2. The Labute approximate surface area is 164 Å². The Bertz CT molecular complexity index is 852. The van der Waals surface area contributed by atoms with E-state index in [2.05, 4.69) is 6.92 Å². The lowest BCUT2D eigenvalue weighted by molar-refractivity contribution is -0.155. The van der Waals surface area contributed by atoms with E-state index in [-0.39, 0.29) is 46.6 Å². The van der Waals surface area contributed by atoms with Gasteiger partial charge in [0.25, 0.3) is 0 Å². The summed E-state index contributed by atoms with van der Waals surface area (Å²) in [6, 6.07) is 0. The van der Waals surface area contributed by atoms with Crippen molar-refractivity contribution in [1.29, 1.82) is 0 Å². The molecule has 0 bridgehead atoms. The van der Waals surface area contributed by atoms with E-state index in [0.717, 1.165) is 25.7 Å². The van der Waals surface area contributed by atoms with Crippen molar-refractivity contribution in [2.75, 3.05) is 0 Å². The number of hydrogen-bond acceptors (Lipinski definition) is 3. The van der Waals surface area contributed by atoms with Gasteiger partial charge in [0.15, 0.2) is 5.78 Å². The van der Waals surface area contributed by atoms with Crippen LogP contribution >= 0.6 is 0 Å². The summed E-state index contributed by atoms with van der Waals surface area (Å²) in [6.07, 6.45) is 8.87. The molecule has 0 aromatic rings. The molecule has 0 saturated heterocycles.